The van der Waals surface area contributed by atoms with E-state index in [0.29, 0.717) is 0 Å². The van der Waals surface area contributed by atoms with E-state index in [9.17, 15) is 0 Å². The molecule has 0 unspecified atom stereocenters. The molecular formula is C15H27IN8. The van der Waals surface area contributed by atoms with Crippen molar-refractivity contribution >= 4 is 29.9 Å². The van der Waals surface area contributed by atoms with Crippen LogP contribution in [0.1, 0.15) is 26.1 Å². The maximum Gasteiger partial charge on any atom is 0.191 e. The molecule has 2 heterocycles. The summed E-state index contributed by atoms with van der Waals surface area (Å²) in [4.78, 5) is 4.59. The highest BCUT2D eigenvalue weighted by atomic mass is 127. The average molecular weight is 446 g/mol. The van der Waals surface area contributed by atoms with Gasteiger partial charge in [-0.15, -0.1) is 34.2 Å². The lowest BCUT2D eigenvalue weighted by atomic mass is 10.4. The van der Waals surface area contributed by atoms with Crippen LogP contribution < -0.4 is 10.6 Å². The van der Waals surface area contributed by atoms with E-state index < -0.39 is 0 Å². The third kappa shape index (κ3) is 6.85. The van der Waals surface area contributed by atoms with Crippen molar-refractivity contribution in [1.29, 1.82) is 0 Å². The number of halogens is 1. The number of nitrogens with zero attached hydrogens (tertiary/aromatic N) is 6. The predicted octanol–water partition coefficient (Wildman–Crippen LogP) is 1.30. The first-order valence-corrected chi connectivity index (χ1v) is 8.19. The number of aliphatic imine (C=N–C) groups is 1. The molecule has 0 bridgehead atoms. The first-order chi connectivity index (χ1) is 11.3. The number of hydrogen-bond acceptors (Lipinski definition) is 4. The van der Waals surface area contributed by atoms with Crippen LogP contribution in [0.15, 0.2) is 29.8 Å². The Morgan fingerprint density at radius 1 is 1.25 bits per heavy atom. The van der Waals surface area contributed by atoms with Crippen LogP contribution in [0.5, 0.6) is 0 Å². The lowest BCUT2D eigenvalue weighted by Crippen LogP contribution is -2.39. The second kappa shape index (κ2) is 11.8. The summed E-state index contributed by atoms with van der Waals surface area (Å²) in [6.45, 7) is 8.26. The summed E-state index contributed by atoms with van der Waals surface area (Å²) in [5, 5.41) is 18.8. The van der Waals surface area contributed by atoms with Crippen LogP contribution in [-0.4, -0.2) is 50.1 Å². The predicted molar refractivity (Wildman–Crippen MR) is 106 cm³/mol. The Hall–Kier alpha value is -1.65. The van der Waals surface area contributed by atoms with Crippen LogP contribution in [0.4, 0.5) is 0 Å². The third-order valence-electron chi connectivity index (χ3n) is 3.38. The SMILES string of the molecule is CCNC(=NCCCn1cccn1)NCCn1cnnc1CC.I. The van der Waals surface area contributed by atoms with Gasteiger partial charge < -0.3 is 15.2 Å². The van der Waals surface area contributed by atoms with Crippen molar-refractivity contribution in [2.24, 2.45) is 4.99 Å². The fourth-order valence-electron chi connectivity index (χ4n) is 2.23. The summed E-state index contributed by atoms with van der Waals surface area (Å²) in [5.41, 5.74) is 0. The van der Waals surface area contributed by atoms with Crippen LogP contribution in [0, 0.1) is 0 Å². The zero-order chi connectivity index (χ0) is 16.3. The summed E-state index contributed by atoms with van der Waals surface area (Å²) < 4.78 is 3.99. The van der Waals surface area contributed by atoms with Gasteiger partial charge in [-0.25, -0.2) is 0 Å². The molecule has 0 aliphatic carbocycles. The van der Waals surface area contributed by atoms with E-state index in [2.05, 4.69) is 49.3 Å². The van der Waals surface area contributed by atoms with E-state index in [-0.39, 0.29) is 24.0 Å². The fourth-order valence-corrected chi connectivity index (χ4v) is 2.23. The highest BCUT2D eigenvalue weighted by Gasteiger charge is 2.02. The molecule has 8 nitrogen and oxygen atoms in total. The van der Waals surface area contributed by atoms with Gasteiger partial charge in [-0.2, -0.15) is 5.10 Å². The molecule has 24 heavy (non-hydrogen) atoms. The van der Waals surface area contributed by atoms with Gasteiger partial charge in [0.15, 0.2) is 5.96 Å². The molecule has 2 N–H and O–H groups in total. The van der Waals surface area contributed by atoms with Crippen LogP contribution >= 0.6 is 24.0 Å². The zero-order valence-electron chi connectivity index (χ0n) is 14.4. The highest BCUT2D eigenvalue weighted by molar-refractivity contribution is 14.0. The summed E-state index contributed by atoms with van der Waals surface area (Å²) in [6.07, 6.45) is 7.39. The van der Waals surface area contributed by atoms with Gasteiger partial charge >= 0.3 is 0 Å². The summed E-state index contributed by atoms with van der Waals surface area (Å²) in [6, 6.07) is 1.93. The molecule has 0 fully saturated rings. The summed E-state index contributed by atoms with van der Waals surface area (Å²) >= 11 is 0. The maximum atomic E-state index is 4.59. The van der Waals surface area contributed by atoms with Gasteiger partial charge in [0.25, 0.3) is 0 Å². The van der Waals surface area contributed by atoms with Crippen molar-refractivity contribution in [2.75, 3.05) is 19.6 Å². The van der Waals surface area contributed by atoms with Gasteiger partial charge in [0.2, 0.25) is 0 Å². The van der Waals surface area contributed by atoms with Crippen LogP contribution in [0.25, 0.3) is 0 Å². The molecule has 2 rings (SSSR count). The number of nitrogens with one attached hydrogen (secondary N) is 2. The normalized spacial score (nSPS) is 11.2. The first kappa shape index (κ1) is 20.4. The molecule has 0 radical (unpaired) electrons. The van der Waals surface area contributed by atoms with Gasteiger partial charge in [0, 0.05) is 51.5 Å². The number of guanidine groups is 1. The quantitative estimate of drug-likeness (QED) is 0.263. The molecule has 134 valence electrons. The van der Waals surface area contributed by atoms with Crippen molar-refractivity contribution in [1.82, 2.24) is 35.2 Å². The van der Waals surface area contributed by atoms with E-state index in [1.165, 1.54) is 0 Å². The molecule has 0 saturated heterocycles. The van der Waals surface area contributed by atoms with Crippen LogP contribution in [0.2, 0.25) is 0 Å². The highest BCUT2D eigenvalue weighted by Crippen LogP contribution is 1.95. The maximum absolute atomic E-state index is 4.59. The second-order valence-electron chi connectivity index (χ2n) is 5.10. The van der Waals surface area contributed by atoms with Gasteiger partial charge in [-0.1, -0.05) is 6.92 Å². The second-order valence-corrected chi connectivity index (χ2v) is 5.10. The Kier molecular flexibility index (Phi) is 10.0. The molecule has 0 atom stereocenters. The largest absolute Gasteiger partial charge is 0.357 e. The third-order valence-corrected chi connectivity index (χ3v) is 3.38. The minimum Gasteiger partial charge on any atom is -0.357 e. The summed E-state index contributed by atoms with van der Waals surface area (Å²) in [5.74, 6) is 1.85. The fraction of sp³-hybridized carbons (Fsp3) is 0.600. The number of aryl methyl sites for hydroxylation is 2. The van der Waals surface area contributed by atoms with Crippen molar-refractivity contribution < 1.29 is 0 Å². The van der Waals surface area contributed by atoms with Crippen molar-refractivity contribution in [3.63, 3.8) is 0 Å². The lowest BCUT2D eigenvalue weighted by Gasteiger charge is -2.12. The Labute approximate surface area is 160 Å². The van der Waals surface area contributed by atoms with Gasteiger partial charge in [0.05, 0.1) is 0 Å². The average Bonchev–Trinajstić information content (AvgIpc) is 3.22. The number of hydrogen-bond donors (Lipinski definition) is 2. The van der Waals surface area contributed by atoms with Crippen molar-refractivity contribution in [2.45, 2.75) is 39.8 Å². The Morgan fingerprint density at radius 2 is 2.12 bits per heavy atom. The number of aromatic nitrogens is 5. The van der Waals surface area contributed by atoms with E-state index in [1.54, 1.807) is 12.5 Å². The molecule has 0 saturated carbocycles. The molecule has 2 aromatic rings. The summed E-state index contributed by atoms with van der Waals surface area (Å²) in [7, 11) is 0. The molecule has 0 aromatic carbocycles. The van der Waals surface area contributed by atoms with E-state index in [1.807, 2.05) is 16.9 Å². The zero-order valence-corrected chi connectivity index (χ0v) is 16.7. The Morgan fingerprint density at radius 3 is 2.83 bits per heavy atom. The van der Waals surface area contributed by atoms with E-state index in [4.69, 9.17) is 0 Å². The molecule has 0 spiro atoms. The molecule has 0 amide bonds. The van der Waals surface area contributed by atoms with Crippen LogP contribution in [0.3, 0.4) is 0 Å². The Bertz CT molecular complexity index is 578. The molecule has 0 aliphatic heterocycles. The Balaban J connectivity index is 0.00000288. The molecule has 9 heteroatoms. The van der Waals surface area contributed by atoms with Gasteiger partial charge in [0.1, 0.15) is 12.2 Å². The first-order valence-electron chi connectivity index (χ1n) is 8.19. The molecule has 2 aromatic heterocycles. The standard InChI is InChI=1S/C15H26N8.HI/c1-3-14-21-19-13-22(14)12-9-18-15(16-4-2)17-7-5-10-23-11-6-8-20-23;/h6,8,11,13H,3-5,7,9-10,12H2,1-2H3,(H2,16,17,18);1H. The minimum absolute atomic E-state index is 0. The van der Waals surface area contributed by atoms with Crippen LogP contribution in [-0.2, 0) is 19.5 Å². The smallest absolute Gasteiger partial charge is 0.191 e. The lowest BCUT2D eigenvalue weighted by molar-refractivity contribution is 0.582. The monoisotopic (exact) mass is 446 g/mol. The van der Waals surface area contributed by atoms with Crippen molar-refractivity contribution in [3.8, 4) is 0 Å². The van der Waals surface area contributed by atoms with Gasteiger partial charge in [-0.05, 0) is 19.4 Å². The molecular weight excluding hydrogens is 419 g/mol. The topological polar surface area (TPSA) is 85.0 Å². The van der Waals surface area contributed by atoms with E-state index >= 15 is 0 Å². The number of rotatable bonds is 9. The van der Waals surface area contributed by atoms with Crippen molar-refractivity contribution in [3.05, 3.63) is 30.6 Å². The van der Waals surface area contributed by atoms with E-state index in [0.717, 1.165) is 57.3 Å². The minimum atomic E-state index is 0. The van der Waals surface area contributed by atoms with Gasteiger partial charge in [-0.3, -0.25) is 9.67 Å². The molecule has 0 aliphatic rings.